The molecule has 0 saturated carbocycles. The van der Waals surface area contributed by atoms with E-state index in [1.807, 2.05) is 31.2 Å². The van der Waals surface area contributed by atoms with Crippen molar-refractivity contribution >= 4 is 15.7 Å². The van der Waals surface area contributed by atoms with E-state index >= 15 is 0 Å². The third-order valence-electron chi connectivity index (χ3n) is 4.01. The van der Waals surface area contributed by atoms with E-state index in [-0.39, 0.29) is 5.75 Å². The maximum absolute atomic E-state index is 12.4. The van der Waals surface area contributed by atoms with E-state index in [0.29, 0.717) is 12.5 Å². The molecule has 0 aromatic heterocycles. The second-order valence-electron chi connectivity index (χ2n) is 5.51. The number of anilines is 1. The second kappa shape index (κ2) is 6.59. The van der Waals surface area contributed by atoms with Gasteiger partial charge in [0.1, 0.15) is 0 Å². The third-order valence-corrected chi connectivity index (χ3v) is 5.79. The minimum atomic E-state index is -3.24. The molecule has 0 bridgehead atoms. The third kappa shape index (κ3) is 3.73. The van der Waals surface area contributed by atoms with Crippen LogP contribution in [-0.2, 0) is 10.0 Å². The summed E-state index contributed by atoms with van der Waals surface area (Å²) >= 11 is 0. The zero-order chi connectivity index (χ0) is 14.6. The first kappa shape index (κ1) is 15.3. The van der Waals surface area contributed by atoms with Crippen LogP contribution in [0.25, 0.3) is 0 Å². The molecular formula is C15H24N2O2S. The van der Waals surface area contributed by atoms with E-state index < -0.39 is 10.0 Å². The van der Waals surface area contributed by atoms with Crippen LogP contribution in [0.3, 0.4) is 0 Å². The molecule has 1 aromatic carbocycles. The van der Waals surface area contributed by atoms with E-state index in [0.717, 1.165) is 24.2 Å². The first-order chi connectivity index (χ1) is 9.50. The fraction of sp³-hybridized carbons (Fsp3) is 0.600. The summed E-state index contributed by atoms with van der Waals surface area (Å²) in [5.41, 5.74) is 1.75. The molecular weight excluding hydrogens is 272 g/mol. The maximum atomic E-state index is 12.4. The van der Waals surface area contributed by atoms with Gasteiger partial charge in [0.15, 0.2) is 0 Å². The minimum absolute atomic E-state index is 0.204. The number of hydrogen-bond acceptors (Lipinski definition) is 3. The van der Waals surface area contributed by atoms with Gasteiger partial charge in [-0.25, -0.2) is 8.42 Å². The lowest BCUT2D eigenvalue weighted by atomic mass is 10.0. The van der Waals surface area contributed by atoms with Crippen LogP contribution in [0.1, 0.15) is 31.2 Å². The highest BCUT2D eigenvalue weighted by Gasteiger charge is 2.22. The predicted molar refractivity (Wildman–Crippen MR) is 83.6 cm³/mol. The maximum Gasteiger partial charge on any atom is 0.234 e. The number of rotatable bonds is 5. The average molecular weight is 296 g/mol. The van der Waals surface area contributed by atoms with Crippen LogP contribution in [0.15, 0.2) is 24.3 Å². The number of nitrogens with one attached hydrogen (secondary N) is 1. The molecule has 0 aliphatic carbocycles. The molecule has 0 radical (unpaired) electrons. The van der Waals surface area contributed by atoms with E-state index in [4.69, 9.17) is 0 Å². The summed E-state index contributed by atoms with van der Waals surface area (Å²) in [6, 6.07) is 7.93. The van der Waals surface area contributed by atoms with Gasteiger partial charge in [-0.15, -0.1) is 0 Å². The summed E-state index contributed by atoms with van der Waals surface area (Å²) in [6.07, 6.45) is 4.18. The number of piperidine rings is 1. The van der Waals surface area contributed by atoms with Crippen LogP contribution in [0.4, 0.5) is 5.69 Å². The number of nitrogens with zero attached hydrogens (tertiary/aromatic N) is 1. The Morgan fingerprint density at radius 1 is 1.30 bits per heavy atom. The van der Waals surface area contributed by atoms with E-state index in [1.165, 1.54) is 17.1 Å². The molecule has 1 aliphatic heterocycles. The summed E-state index contributed by atoms with van der Waals surface area (Å²) in [6.45, 7) is 2.95. The fourth-order valence-corrected chi connectivity index (χ4v) is 4.03. The summed E-state index contributed by atoms with van der Waals surface area (Å²) in [7, 11) is -1.60. The van der Waals surface area contributed by atoms with Crippen molar-refractivity contribution in [1.82, 2.24) is 5.32 Å². The number of sulfonamides is 1. The van der Waals surface area contributed by atoms with Gasteiger partial charge in [-0.1, -0.05) is 24.6 Å². The van der Waals surface area contributed by atoms with Gasteiger partial charge in [-0.3, -0.25) is 4.31 Å². The second-order valence-corrected chi connectivity index (χ2v) is 7.63. The average Bonchev–Trinajstić information content (AvgIpc) is 2.46. The number of para-hydroxylation sites is 1. The Bertz CT molecular complexity index is 537. The first-order valence-corrected chi connectivity index (χ1v) is 8.87. The standard InChI is InChI=1S/C15H24N2O2S/c1-13-7-3-4-9-15(13)17(2)20(18,19)12-10-14-8-5-6-11-16-14/h3-4,7,9,14,16H,5-6,8,10-12H2,1-2H3. The molecule has 1 heterocycles. The highest BCUT2D eigenvalue weighted by Crippen LogP contribution is 2.22. The van der Waals surface area contributed by atoms with Gasteiger partial charge >= 0.3 is 0 Å². The highest BCUT2D eigenvalue weighted by atomic mass is 32.2. The van der Waals surface area contributed by atoms with Gasteiger partial charge in [-0.05, 0) is 44.4 Å². The van der Waals surface area contributed by atoms with Gasteiger partial charge < -0.3 is 5.32 Å². The van der Waals surface area contributed by atoms with Gasteiger partial charge in [0, 0.05) is 13.1 Å². The highest BCUT2D eigenvalue weighted by molar-refractivity contribution is 7.92. The van der Waals surface area contributed by atoms with Crippen molar-refractivity contribution in [1.29, 1.82) is 0 Å². The van der Waals surface area contributed by atoms with Gasteiger partial charge in [-0.2, -0.15) is 0 Å². The van der Waals surface area contributed by atoms with Crippen molar-refractivity contribution in [3.63, 3.8) is 0 Å². The van der Waals surface area contributed by atoms with Gasteiger partial charge in [0.25, 0.3) is 0 Å². The Morgan fingerprint density at radius 3 is 2.70 bits per heavy atom. The van der Waals surface area contributed by atoms with Crippen LogP contribution in [0.2, 0.25) is 0 Å². The molecule has 2 rings (SSSR count). The van der Waals surface area contributed by atoms with E-state index in [1.54, 1.807) is 7.05 Å². The molecule has 1 unspecified atom stereocenters. The summed E-state index contributed by atoms with van der Waals surface area (Å²) < 4.78 is 26.3. The fourth-order valence-electron chi connectivity index (χ4n) is 2.67. The van der Waals surface area contributed by atoms with Crippen LogP contribution < -0.4 is 9.62 Å². The normalized spacial score (nSPS) is 19.8. The Morgan fingerprint density at radius 2 is 2.05 bits per heavy atom. The number of hydrogen-bond donors (Lipinski definition) is 1. The molecule has 112 valence electrons. The topological polar surface area (TPSA) is 49.4 Å². The van der Waals surface area contributed by atoms with Crippen molar-refractivity contribution in [3.8, 4) is 0 Å². The van der Waals surface area contributed by atoms with Gasteiger partial charge in [0.05, 0.1) is 11.4 Å². The Balaban J connectivity index is 2.00. The Kier molecular flexibility index (Phi) is 5.05. The van der Waals surface area contributed by atoms with E-state index in [2.05, 4.69) is 5.32 Å². The van der Waals surface area contributed by atoms with Crippen LogP contribution in [0.5, 0.6) is 0 Å². The summed E-state index contributed by atoms with van der Waals surface area (Å²) in [4.78, 5) is 0. The molecule has 0 amide bonds. The number of benzene rings is 1. The van der Waals surface area contributed by atoms with Crippen molar-refractivity contribution < 1.29 is 8.42 Å². The summed E-state index contributed by atoms with van der Waals surface area (Å²) in [5, 5.41) is 3.40. The van der Waals surface area contributed by atoms with Crippen LogP contribution in [-0.4, -0.2) is 33.8 Å². The zero-order valence-electron chi connectivity index (χ0n) is 12.3. The van der Waals surface area contributed by atoms with Crippen molar-refractivity contribution in [3.05, 3.63) is 29.8 Å². The SMILES string of the molecule is Cc1ccccc1N(C)S(=O)(=O)CCC1CCCCN1. The molecule has 1 aromatic rings. The molecule has 20 heavy (non-hydrogen) atoms. The molecule has 1 N–H and O–H groups in total. The Hall–Kier alpha value is -1.07. The molecule has 0 spiro atoms. The molecule has 1 atom stereocenters. The lowest BCUT2D eigenvalue weighted by Crippen LogP contribution is -2.37. The monoisotopic (exact) mass is 296 g/mol. The smallest absolute Gasteiger partial charge is 0.234 e. The van der Waals surface area contributed by atoms with Crippen molar-refractivity contribution in [2.24, 2.45) is 0 Å². The van der Waals surface area contributed by atoms with Crippen molar-refractivity contribution in [2.45, 2.75) is 38.6 Å². The molecule has 1 aliphatic rings. The summed E-state index contributed by atoms with van der Waals surface area (Å²) in [5.74, 6) is 0.204. The lowest BCUT2D eigenvalue weighted by Gasteiger charge is -2.25. The largest absolute Gasteiger partial charge is 0.314 e. The molecule has 4 nitrogen and oxygen atoms in total. The first-order valence-electron chi connectivity index (χ1n) is 7.26. The minimum Gasteiger partial charge on any atom is -0.314 e. The van der Waals surface area contributed by atoms with Crippen molar-refractivity contribution in [2.75, 3.05) is 23.7 Å². The van der Waals surface area contributed by atoms with Crippen LogP contribution >= 0.6 is 0 Å². The predicted octanol–water partition coefficient (Wildman–Crippen LogP) is 2.29. The van der Waals surface area contributed by atoms with Gasteiger partial charge in [0.2, 0.25) is 10.0 Å². The van der Waals surface area contributed by atoms with Crippen LogP contribution in [0, 0.1) is 6.92 Å². The zero-order valence-corrected chi connectivity index (χ0v) is 13.1. The Labute approximate surface area is 122 Å². The molecule has 1 fully saturated rings. The van der Waals surface area contributed by atoms with E-state index in [9.17, 15) is 8.42 Å². The quantitative estimate of drug-likeness (QED) is 0.907. The molecule has 1 saturated heterocycles. The molecule has 5 heteroatoms. The lowest BCUT2D eigenvalue weighted by molar-refractivity contribution is 0.392. The number of aryl methyl sites for hydroxylation is 1.